The number of anilines is 1. The second-order valence-corrected chi connectivity index (χ2v) is 11.0. The first kappa shape index (κ1) is 23.5. The topological polar surface area (TPSA) is 119 Å². The highest BCUT2D eigenvalue weighted by Crippen LogP contribution is 2.60. The molecule has 1 heterocycles. The van der Waals surface area contributed by atoms with Crippen molar-refractivity contribution in [1.29, 1.82) is 0 Å². The number of urea groups is 1. The lowest BCUT2D eigenvalue weighted by molar-refractivity contribution is -0.123. The van der Waals surface area contributed by atoms with E-state index >= 15 is 0 Å². The van der Waals surface area contributed by atoms with Gasteiger partial charge in [0.25, 0.3) is 17.7 Å². The van der Waals surface area contributed by atoms with Gasteiger partial charge in [0.15, 0.2) is 6.61 Å². The van der Waals surface area contributed by atoms with Crippen LogP contribution in [0.5, 0.6) is 5.75 Å². The number of rotatable bonds is 6. The van der Waals surface area contributed by atoms with E-state index in [4.69, 9.17) is 10.5 Å². The van der Waals surface area contributed by atoms with E-state index in [9.17, 15) is 19.2 Å². The van der Waals surface area contributed by atoms with Crippen molar-refractivity contribution in [1.82, 2.24) is 5.32 Å². The molecule has 1 aliphatic heterocycles. The number of nitrogens with two attached hydrogens (primary N) is 1. The number of nitrogens with one attached hydrogen (secondary N) is 1. The third kappa shape index (κ3) is 4.20. The molecule has 3 N–H and O–H groups in total. The molecule has 4 bridgehead atoms. The van der Waals surface area contributed by atoms with Crippen molar-refractivity contribution in [2.75, 3.05) is 11.5 Å². The van der Waals surface area contributed by atoms with Gasteiger partial charge in [0.05, 0.1) is 5.69 Å². The van der Waals surface area contributed by atoms with E-state index in [-0.39, 0.29) is 23.3 Å². The first-order valence-electron chi connectivity index (χ1n) is 12.8. The van der Waals surface area contributed by atoms with Crippen molar-refractivity contribution in [3.8, 4) is 5.75 Å². The number of carbonyl (C=O) groups is 4. The molecule has 2 aromatic carbocycles. The SMILES string of the molecule is NC(=O)COc1ccccc1C=C1C(=O)NC(=O)N(c2ccc(C34CC5CC(CC(C5)C3)C4)cc2)C1=O. The Morgan fingerprint density at radius 1 is 0.973 bits per heavy atom. The summed E-state index contributed by atoms with van der Waals surface area (Å²) in [6, 6.07) is 13.6. The maximum Gasteiger partial charge on any atom is 0.335 e. The molecular formula is C29H29N3O5. The number of benzene rings is 2. The van der Waals surface area contributed by atoms with Gasteiger partial charge < -0.3 is 10.5 Å². The highest BCUT2D eigenvalue weighted by Gasteiger charge is 2.51. The molecule has 0 radical (unpaired) electrons. The fourth-order valence-corrected chi connectivity index (χ4v) is 7.36. The monoisotopic (exact) mass is 499 g/mol. The lowest BCUT2D eigenvalue weighted by Crippen LogP contribution is -2.54. The van der Waals surface area contributed by atoms with E-state index in [0.717, 1.165) is 22.7 Å². The molecule has 5 aliphatic rings. The van der Waals surface area contributed by atoms with Crippen molar-refractivity contribution in [2.45, 2.75) is 43.9 Å². The Kier molecular flexibility index (Phi) is 5.62. The zero-order chi connectivity index (χ0) is 25.7. The van der Waals surface area contributed by atoms with Crippen LogP contribution in [-0.4, -0.2) is 30.4 Å². The maximum absolute atomic E-state index is 13.4. The summed E-state index contributed by atoms with van der Waals surface area (Å²) in [5.41, 5.74) is 7.27. The summed E-state index contributed by atoms with van der Waals surface area (Å²) in [7, 11) is 0. The molecule has 0 spiro atoms. The van der Waals surface area contributed by atoms with Crippen molar-refractivity contribution in [2.24, 2.45) is 23.5 Å². The number of imide groups is 2. The molecule has 4 aliphatic carbocycles. The molecule has 0 aromatic heterocycles. The third-order valence-electron chi connectivity index (χ3n) is 8.47. The summed E-state index contributed by atoms with van der Waals surface area (Å²) in [6.45, 7) is -0.346. The van der Waals surface area contributed by atoms with Crippen molar-refractivity contribution in [3.05, 3.63) is 65.2 Å². The minimum Gasteiger partial charge on any atom is -0.483 e. The number of ether oxygens (including phenoxy) is 1. The number of para-hydroxylation sites is 1. The van der Waals surface area contributed by atoms with Crippen molar-refractivity contribution in [3.63, 3.8) is 0 Å². The molecular weight excluding hydrogens is 470 g/mol. The largest absolute Gasteiger partial charge is 0.483 e. The highest BCUT2D eigenvalue weighted by molar-refractivity contribution is 6.39. The highest BCUT2D eigenvalue weighted by atomic mass is 16.5. The van der Waals surface area contributed by atoms with Crippen LogP contribution in [0.1, 0.15) is 49.7 Å². The Labute approximate surface area is 214 Å². The molecule has 5 amide bonds. The zero-order valence-electron chi connectivity index (χ0n) is 20.4. The summed E-state index contributed by atoms with van der Waals surface area (Å²) in [4.78, 5) is 50.9. The summed E-state index contributed by atoms with van der Waals surface area (Å²) >= 11 is 0. The number of amides is 5. The van der Waals surface area contributed by atoms with Gasteiger partial charge in [-0.15, -0.1) is 0 Å². The summed E-state index contributed by atoms with van der Waals surface area (Å²) in [5.74, 6) is 0.569. The van der Waals surface area contributed by atoms with Crippen LogP contribution >= 0.6 is 0 Å². The predicted octanol–water partition coefficient (Wildman–Crippen LogP) is 3.68. The number of primary amides is 1. The fourth-order valence-electron chi connectivity index (χ4n) is 7.36. The molecule has 1 saturated heterocycles. The summed E-state index contributed by atoms with van der Waals surface area (Å²) in [6.07, 6.45) is 9.11. The van der Waals surface area contributed by atoms with Gasteiger partial charge in [-0.3, -0.25) is 19.7 Å². The van der Waals surface area contributed by atoms with Crippen LogP contribution in [0.15, 0.2) is 54.1 Å². The van der Waals surface area contributed by atoms with Gasteiger partial charge in [0.2, 0.25) is 0 Å². The molecule has 8 heteroatoms. The first-order valence-corrected chi connectivity index (χ1v) is 12.8. The number of nitrogens with zero attached hydrogens (tertiary/aromatic N) is 1. The van der Waals surface area contributed by atoms with Gasteiger partial charge in [-0.1, -0.05) is 30.3 Å². The standard InChI is InChI=1S/C29H29N3O5/c30-25(33)16-37-24-4-2-1-3-20(24)12-23-26(34)31-28(36)32(27(23)35)22-7-5-21(6-8-22)29-13-17-9-18(14-29)11-19(10-17)15-29/h1-8,12,17-19H,9-11,13-16H2,(H2,30,33)(H,31,34,36). The van der Waals surface area contributed by atoms with Crippen LogP contribution in [0, 0.1) is 17.8 Å². The lowest BCUT2D eigenvalue weighted by atomic mass is 9.48. The Morgan fingerprint density at radius 3 is 2.22 bits per heavy atom. The second kappa shape index (κ2) is 8.87. The second-order valence-electron chi connectivity index (χ2n) is 11.0. The molecule has 0 unspecified atom stereocenters. The number of hydrogen-bond acceptors (Lipinski definition) is 5. The normalized spacial score (nSPS) is 29.5. The van der Waals surface area contributed by atoms with Crippen molar-refractivity contribution >= 4 is 35.5 Å². The van der Waals surface area contributed by atoms with Crippen LogP contribution in [-0.2, 0) is 19.8 Å². The number of barbiturate groups is 1. The molecule has 8 nitrogen and oxygen atoms in total. The van der Waals surface area contributed by atoms with E-state index < -0.39 is 23.8 Å². The van der Waals surface area contributed by atoms with Crippen LogP contribution < -0.4 is 20.7 Å². The van der Waals surface area contributed by atoms with E-state index in [1.807, 2.05) is 12.1 Å². The average Bonchev–Trinajstić information content (AvgIpc) is 2.85. The Hall–Kier alpha value is -3.94. The average molecular weight is 500 g/mol. The Morgan fingerprint density at radius 2 is 1.59 bits per heavy atom. The minimum atomic E-state index is -0.791. The summed E-state index contributed by atoms with van der Waals surface area (Å²) < 4.78 is 5.41. The molecule has 37 heavy (non-hydrogen) atoms. The van der Waals surface area contributed by atoms with E-state index in [2.05, 4.69) is 17.4 Å². The Balaban J connectivity index is 1.28. The van der Waals surface area contributed by atoms with Gasteiger partial charge in [-0.2, -0.15) is 0 Å². The van der Waals surface area contributed by atoms with Crippen LogP contribution in [0.4, 0.5) is 10.5 Å². The zero-order valence-corrected chi connectivity index (χ0v) is 20.4. The van der Waals surface area contributed by atoms with Gasteiger partial charge in [-0.25, -0.2) is 9.69 Å². The molecule has 7 rings (SSSR count). The predicted molar refractivity (Wildman–Crippen MR) is 136 cm³/mol. The molecule has 0 atom stereocenters. The van der Waals surface area contributed by atoms with Crippen LogP contribution in [0.25, 0.3) is 6.08 Å². The van der Waals surface area contributed by atoms with Gasteiger partial charge in [-0.05, 0) is 91.5 Å². The smallest absolute Gasteiger partial charge is 0.335 e. The minimum absolute atomic E-state index is 0.205. The van der Waals surface area contributed by atoms with E-state index in [1.54, 1.807) is 24.3 Å². The summed E-state index contributed by atoms with van der Waals surface area (Å²) in [5, 5.41) is 2.27. The van der Waals surface area contributed by atoms with E-state index in [0.29, 0.717) is 11.3 Å². The fraction of sp³-hybridized carbons (Fsp3) is 0.379. The lowest BCUT2D eigenvalue weighted by Gasteiger charge is -2.57. The molecule has 4 saturated carbocycles. The third-order valence-corrected chi connectivity index (χ3v) is 8.47. The van der Waals surface area contributed by atoms with Crippen LogP contribution in [0.2, 0.25) is 0 Å². The van der Waals surface area contributed by atoms with Gasteiger partial charge in [0, 0.05) is 5.56 Å². The molecule has 5 fully saturated rings. The van der Waals surface area contributed by atoms with Crippen LogP contribution in [0.3, 0.4) is 0 Å². The molecule has 190 valence electrons. The quantitative estimate of drug-likeness (QED) is 0.464. The maximum atomic E-state index is 13.4. The number of carbonyl (C=O) groups excluding carboxylic acids is 4. The number of hydrogen-bond donors (Lipinski definition) is 2. The Bertz CT molecular complexity index is 1290. The molecule has 2 aromatic rings. The van der Waals surface area contributed by atoms with Gasteiger partial charge >= 0.3 is 6.03 Å². The van der Waals surface area contributed by atoms with E-state index in [1.165, 1.54) is 50.2 Å². The van der Waals surface area contributed by atoms with Gasteiger partial charge in [0.1, 0.15) is 11.3 Å². The van der Waals surface area contributed by atoms with Crippen molar-refractivity contribution < 1.29 is 23.9 Å². The first-order chi connectivity index (χ1) is 17.8.